The van der Waals surface area contributed by atoms with Gasteiger partial charge in [-0.05, 0) is 47.1 Å². The largest absolute Gasteiger partial charge is 0.459 e. The number of nitrogens with one attached hydrogen (secondary N) is 3. The van der Waals surface area contributed by atoms with Crippen molar-refractivity contribution in [3.05, 3.63) is 35.9 Å². The van der Waals surface area contributed by atoms with Crippen LogP contribution in [-0.4, -0.2) is 55.0 Å². The molecule has 31 heavy (non-hydrogen) atoms. The Bertz CT molecular complexity index is 710. The predicted octanol–water partition coefficient (Wildman–Crippen LogP) is 2.74. The fourth-order valence-electron chi connectivity index (χ4n) is 2.29. The van der Waals surface area contributed by atoms with Gasteiger partial charge in [-0.25, -0.2) is 14.4 Å². The van der Waals surface area contributed by atoms with Gasteiger partial charge in [-0.15, -0.1) is 0 Å². The zero-order valence-corrected chi connectivity index (χ0v) is 19.2. The van der Waals surface area contributed by atoms with Crippen molar-refractivity contribution in [2.24, 2.45) is 0 Å². The fourth-order valence-corrected chi connectivity index (χ4v) is 2.29. The summed E-state index contributed by atoms with van der Waals surface area (Å²) in [4.78, 5) is 36.3. The van der Waals surface area contributed by atoms with Crippen molar-refractivity contribution in [1.82, 2.24) is 16.0 Å². The van der Waals surface area contributed by atoms with E-state index >= 15 is 0 Å². The Hall–Kier alpha value is -2.81. The first-order valence-corrected chi connectivity index (χ1v) is 10.2. The van der Waals surface area contributed by atoms with E-state index in [4.69, 9.17) is 14.2 Å². The number of alkyl carbamates (subject to hydrolysis) is 2. The third-order valence-corrected chi connectivity index (χ3v) is 3.52. The summed E-state index contributed by atoms with van der Waals surface area (Å²) in [7, 11) is 0. The molecule has 0 aliphatic carbocycles. The Kier molecular flexibility index (Phi) is 10.3. The van der Waals surface area contributed by atoms with E-state index < -0.39 is 35.4 Å². The van der Waals surface area contributed by atoms with Crippen molar-refractivity contribution < 1.29 is 28.6 Å². The van der Waals surface area contributed by atoms with Gasteiger partial charge in [0.05, 0.1) is 0 Å². The predicted molar refractivity (Wildman–Crippen MR) is 117 cm³/mol. The molecule has 0 saturated carbocycles. The average Bonchev–Trinajstić information content (AvgIpc) is 2.62. The van der Waals surface area contributed by atoms with Crippen molar-refractivity contribution in [1.29, 1.82) is 0 Å². The van der Waals surface area contributed by atoms with Gasteiger partial charge in [-0.3, -0.25) is 0 Å². The molecule has 1 rings (SSSR count). The number of rotatable bonds is 9. The fraction of sp³-hybridized carbons (Fsp3) is 0.591. The number of ether oxygens (including phenoxy) is 3. The lowest BCUT2D eigenvalue weighted by Gasteiger charge is -2.23. The maximum absolute atomic E-state index is 12.5. The zero-order chi connectivity index (χ0) is 23.5. The molecule has 0 saturated heterocycles. The van der Waals surface area contributed by atoms with Crippen molar-refractivity contribution in [3.63, 3.8) is 0 Å². The highest BCUT2D eigenvalue weighted by Crippen LogP contribution is 2.08. The van der Waals surface area contributed by atoms with E-state index in [1.54, 1.807) is 41.5 Å². The summed E-state index contributed by atoms with van der Waals surface area (Å²) in [5, 5.41) is 8.15. The lowest BCUT2D eigenvalue weighted by atomic mass is 10.2. The summed E-state index contributed by atoms with van der Waals surface area (Å²) in [6, 6.07) is 8.28. The molecule has 0 spiro atoms. The molecule has 0 heterocycles. The third-order valence-electron chi connectivity index (χ3n) is 3.52. The smallest absolute Gasteiger partial charge is 0.408 e. The Balaban J connectivity index is 2.54. The molecule has 0 radical (unpaired) electrons. The SMILES string of the molecule is CC(C)(C)OC(=O)NCCNC[C@@H](NC(=O)OC(C)(C)C)C(=O)OCc1ccccc1. The lowest BCUT2D eigenvalue weighted by Crippen LogP contribution is -2.50. The molecule has 174 valence electrons. The van der Waals surface area contributed by atoms with Crippen molar-refractivity contribution in [2.75, 3.05) is 19.6 Å². The highest BCUT2D eigenvalue weighted by atomic mass is 16.6. The Morgan fingerprint density at radius 2 is 1.45 bits per heavy atom. The van der Waals surface area contributed by atoms with E-state index in [0.29, 0.717) is 6.54 Å². The monoisotopic (exact) mass is 437 g/mol. The minimum absolute atomic E-state index is 0.0897. The summed E-state index contributed by atoms with van der Waals surface area (Å²) in [6.07, 6.45) is -1.25. The van der Waals surface area contributed by atoms with Crippen LogP contribution in [-0.2, 0) is 25.6 Å². The molecule has 1 aromatic carbocycles. The molecule has 0 aliphatic rings. The second-order valence-corrected chi connectivity index (χ2v) is 8.92. The van der Waals surface area contributed by atoms with Crippen LogP contribution in [0.3, 0.4) is 0 Å². The number of esters is 1. The van der Waals surface area contributed by atoms with Crippen LogP contribution in [0.4, 0.5) is 9.59 Å². The third kappa shape index (κ3) is 13.2. The molecule has 1 aromatic rings. The lowest BCUT2D eigenvalue weighted by molar-refractivity contribution is -0.147. The number of hydrogen-bond acceptors (Lipinski definition) is 7. The van der Waals surface area contributed by atoms with Crippen LogP contribution >= 0.6 is 0 Å². The average molecular weight is 438 g/mol. The minimum atomic E-state index is -0.958. The summed E-state index contributed by atoms with van der Waals surface area (Å²) >= 11 is 0. The van der Waals surface area contributed by atoms with Crippen LogP contribution in [0.5, 0.6) is 0 Å². The van der Waals surface area contributed by atoms with Crippen LogP contribution in [0.25, 0.3) is 0 Å². The van der Waals surface area contributed by atoms with E-state index in [0.717, 1.165) is 5.56 Å². The summed E-state index contributed by atoms with van der Waals surface area (Å²) < 4.78 is 15.7. The van der Waals surface area contributed by atoms with Crippen LogP contribution in [0.1, 0.15) is 47.1 Å². The van der Waals surface area contributed by atoms with E-state index in [2.05, 4.69) is 16.0 Å². The van der Waals surface area contributed by atoms with Gasteiger partial charge in [0.1, 0.15) is 23.9 Å². The second-order valence-electron chi connectivity index (χ2n) is 8.92. The van der Waals surface area contributed by atoms with Crippen LogP contribution in [0.2, 0.25) is 0 Å². The maximum atomic E-state index is 12.5. The highest BCUT2D eigenvalue weighted by Gasteiger charge is 2.25. The van der Waals surface area contributed by atoms with Crippen molar-refractivity contribution in [3.8, 4) is 0 Å². The Morgan fingerprint density at radius 3 is 2.03 bits per heavy atom. The molecule has 0 aliphatic heterocycles. The molecule has 3 N–H and O–H groups in total. The van der Waals surface area contributed by atoms with Crippen LogP contribution < -0.4 is 16.0 Å². The van der Waals surface area contributed by atoms with Crippen molar-refractivity contribution >= 4 is 18.2 Å². The first-order valence-electron chi connectivity index (χ1n) is 10.2. The molecule has 0 unspecified atom stereocenters. The molecular formula is C22H35N3O6. The van der Waals surface area contributed by atoms with E-state index in [1.165, 1.54) is 0 Å². The molecule has 0 fully saturated rings. The molecule has 0 aromatic heterocycles. The van der Waals surface area contributed by atoms with Gasteiger partial charge in [0.25, 0.3) is 0 Å². The summed E-state index contributed by atoms with van der Waals surface area (Å²) in [6.45, 7) is 11.4. The normalized spacial score (nSPS) is 12.5. The van der Waals surface area contributed by atoms with E-state index in [9.17, 15) is 14.4 Å². The maximum Gasteiger partial charge on any atom is 0.408 e. The molecule has 2 amide bonds. The number of carbonyl (C=O) groups is 3. The quantitative estimate of drug-likeness (QED) is 0.309. The summed E-state index contributed by atoms with van der Waals surface area (Å²) in [5.41, 5.74) is -0.447. The van der Waals surface area contributed by atoms with Gasteiger partial charge in [0.15, 0.2) is 0 Å². The van der Waals surface area contributed by atoms with Gasteiger partial charge in [0.2, 0.25) is 0 Å². The Labute approximate surface area is 184 Å². The van der Waals surface area contributed by atoms with Gasteiger partial charge in [-0.1, -0.05) is 30.3 Å². The van der Waals surface area contributed by atoms with Crippen molar-refractivity contribution in [2.45, 2.75) is 65.4 Å². The molecule has 1 atom stereocenters. The minimum Gasteiger partial charge on any atom is -0.459 e. The Morgan fingerprint density at radius 1 is 0.871 bits per heavy atom. The first kappa shape index (κ1) is 26.2. The topological polar surface area (TPSA) is 115 Å². The van der Waals surface area contributed by atoms with E-state index in [1.807, 2.05) is 30.3 Å². The van der Waals surface area contributed by atoms with Gasteiger partial charge in [0, 0.05) is 19.6 Å². The molecule has 9 nitrogen and oxygen atoms in total. The second kappa shape index (κ2) is 12.1. The van der Waals surface area contributed by atoms with Gasteiger partial charge < -0.3 is 30.2 Å². The standard InChI is InChI=1S/C22H35N3O6/c1-21(2,3)30-19(27)24-13-12-23-14-17(25-20(28)31-22(4,5)6)18(26)29-15-16-10-8-7-9-11-16/h7-11,17,23H,12-15H2,1-6H3,(H,24,27)(H,25,28)/t17-/m1/s1. The van der Waals surface area contributed by atoms with Gasteiger partial charge in [-0.2, -0.15) is 0 Å². The van der Waals surface area contributed by atoms with Gasteiger partial charge >= 0.3 is 18.2 Å². The highest BCUT2D eigenvalue weighted by molar-refractivity contribution is 5.81. The molecule has 9 heteroatoms. The summed E-state index contributed by atoms with van der Waals surface area (Å²) in [5.74, 6) is -0.595. The van der Waals surface area contributed by atoms with Crippen LogP contribution in [0.15, 0.2) is 30.3 Å². The zero-order valence-electron chi connectivity index (χ0n) is 19.2. The first-order chi connectivity index (χ1) is 14.4. The number of amides is 2. The van der Waals surface area contributed by atoms with E-state index in [-0.39, 0.29) is 19.7 Å². The number of carbonyl (C=O) groups excluding carboxylic acids is 3. The van der Waals surface area contributed by atoms with Crippen LogP contribution in [0, 0.1) is 0 Å². The number of hydrogen-bond donors (Lipinski definition) is 3. The number of benzene rings is 1. The molecule has 0 bridgehead atoms. The molecular weight excluding hydrogens is 402 g/mol.